The molecule has 0 aliphatic carbocycles. The highest BCUT2D eigenvalue weighted by molar-refractivity contribution is 7.80. The van der Waals surface area contributed by atoms with E-state index in [0.717, 1.165) is 11.1 Å². The number of para-hydroxylation sites is 1. The molecule has 1 amide bonds. The third kappa shape index (κ3) is 4.10. The van der Waals surface area contributed by atoms with E-state index in [9.17, 15) is 9.18 Å². The van der Waals surface area contributed by atoms with Crippen molar-refractivity contribution in [1.82, 2.24) is 5.32 Å². The summed E-state index contributed by atoms with van der Waals surface area (Å²) in [6.45, 7) is 3.83. The number of anilines is 1. The highest BCUT2D eigenvalue weighted by Crippen LogP contribution is 2.12. The largest absolute Gasteiger partial charge is 0.330 e. The van der Waals surface area contributed by atoms with E-state index in [2.05, 4.69) is 10.6 Å². The van der Waals surface area contributed by atoms with Gasteiger partial charge in [-0.1, -0.05) is 29.3 Å². The Morgan fingerprint density at radius 1 is 1.10 bits per heavy atom. The van der Waals surface area contributed by atoms with Gasteiger partial charge in [-0.15, -0.1) is 0 Å². The third-order valence-corrected chi connectivity index (χ3v) is 3.04. The van der Waals surface area contributed by atoms with Gasteiger partial charge in [0.25, 0.3) is 5.91 Å². The lowest BCUT2D eigenvalue weighted by Crippen LogP contribution is -2.34. The topological polar surface area (TPSA) is 41.1 Å². The van der Waals surface area contributed by atoms with E-state index in [1.807, 2.05) is 19.9 Å². The minimum atomic E-state index is -0.430. The molecule has 0 aliphatic rings. The summed E-state index contributed by atoms with van der Waals surface area (Å²) in [4.78, 5) is 12.1. The molecule has 0 aromatic heterocycles. The Bertz CT molecular complexity index is 680. The number of halogens is 1. The van der Waals surface area contributed by atoms with Crippen LogP contribution in [0.15, 0.2) is 42.5 Å². The molecule has 0 atom stereocenters. The molecule has 21 heavy (non-hydrogen) atoms. The first-order valence-corrected chi connectivity index (χ1v) is 6.81. The normalized spacial score (nSPS) is 10.0. The second-order valence-electron chi connectivity index (χ2n) is 4.76. The molecule has 5 heteroatoms. The number of hydrogen-bond donors (Lipinski definition) is 2. The summed E-state index contributed by atoms with van der Waals surface area (Å²) in [5.74, 6) is -0.754. The Kier molecular flexibility index (Phi) is 4.65. The van der Waals surface area contributed by atoms with Crippen LogP contribution in [0.5, 0.6) is 0 Å². The van der Waals surface area contributed by atoms with E-state index in [-0.39, 0.29) is 16.7 Å². The molecular weight excluding hydrogens is 287 g/mol. The van der Waals surface area contributed by atoms with Gasteiger partial charge in [-0.25, -0.2) is 4.39 Å². The zero-order valence-electron chi connectivity index (χ0n) is 11.7. The second kappa shape index (κ2) is 6.45. The average molecular weight is 302 g/mol. The van der Waals surface area contributed by atoms with Crippen LogP contribution in [0.2, 0.25) is 0 Å². The lowest BCUT2D eigenvalue weighted by atomic mass is 10.1. The average Bonchev–Trinajstić information content (AvgIpc) is 2.40. The summed E-state index contributed by atoms with van der Waals surface area (Å²) in [6.07, 6.45) is 0. The number of rotatable bonds is 2. The molecule has 0 fully saturated rings. The molecule has 0 radical (unpaired) electrons. The van der Waals surface area contributed by atoms with E-state index in [1.54, 1.807) is 30.3 Å². The Labute approximate surface area is 128 Å². The van der Waals surface area contributed by atoms with E-state index in [0.29, 0.717) is 5.56 Å². The van der Waals surface area contributed by atoms with Crippen molar-refractivity contribution in [1.29, 1.82) is 0 Å². The number of aryl methyl sites for hydroxylation is 2. The molecule has 108 valence electrons. The quantitative estimate of drug-likeness (QED) is 0.833. The summed E-state index contributed by atoms with van der Waals surface area (Å²) < 4.78 is 13.5. The molecule has 0 heterocycles. The zero-order chi connectivity index (χ0) is 15.4. The van der Waals surface area contributed by atoms with Crippen LogP contribution in [0, 0.1) is 19.7 Å². The lowest BCUT2D eigenvalue weighted by Gasteiger charge is -2.11. The molecular formula is C16H15FN2OS. The maximum absolute atomic E-state index is 13.5. The van der Waals surface area contributed by atoms with Crippen molar-refractivity contribution in [2.45, 2.75) is 13.8 Å². The molecule has 2 aromatic carbocycles. The predicted molar refractivity (Wildman–Crippen MR) is 86.0 cm³/mol. The maximum atomic E-state index is 13.5. The van der Waals surface area contributed by atoms with E-state index in [4.69, 9.17) is 12.2 Å². The number of amides is 1. The summed E-state index contributed by atoms with van der Waals surface area (Å²) in [7, 11) is 0. The number of carbonyl (C=O) groups is 1. The highest BCUT2D eigenvalue weighted by atomic mass is 32.1. The standard InChI is InChI=1S/C16H15FN2OS/c1-10-7-11(2)9-12(8-10)15(20)19-16(21)18-14-6-4-3-5-13(14)17/h3-9H,1-2H3,(H2,18,19,20,21). The number of benzene rings is 2. The van der Waals surface area contributed by atoms with Crippen molar-refractivity contribution >= 4 is 28.9 Å². The van der Waals surface area contributed by atoms with Crippen molar-refractivity contribution in [2.24, 2.45) is 0 Å². The van der Waals surface area contributed by atoms with Crippen LogP contribution >= 0.6 is 12.2 Å². The molecule has 0 unspecified atom stereocenters. The van der Waals surface area contributed by atoms with E-state index >= 15 is 0 Å². The smallest absolute Gasteiger partial charge is 0.257 e. The number of thiocarbonyl (C=S) groups is 1. The van der Waals surface area contributed by atoms with Crippen LogP contribution < -0.4 is 10.6 Å². The second-order valence-corrected chi connectivity index (χ2v) is 5.17. The van der Waals surface area contributed by atoms with Crippen LogP contribution in [0.3, 0.4) is 0 Å². The van der Waals surface area contributed by atoms with Crippen LogP contribution in [-0.2, 0) is 0 Å². The molecule has 0 saturated heterocycles. The highest BCUT2D eigenvalue weighted by Gasteiger charge is 2.10. The fraction of sp³-hybridized carbons (Fsp3) is 0.125. The zero-order valence-corrected chi connectivity index (χ0v) is 12.6. The third-order valence-electron chi connectivity index (χ3n) is 2.83. The molecule has 2 aromatic rings. The van der Waals surface area contributed by atoms with Crippen molar-refractivity contribution in [3.05, 3.63) is 65.0 Å². The molecule has 2 N–H and O–H groups in total. The van der Waals surface area contributed by atoms with Gasteiger partial charge in [0.2, 0.25) is 0 Å². The number of nitrogens with one attached hydrogen (secondary N) is 2. The van der Waals surface area contributed by atoms with Crippen LogP contribution in [0.25, 0.3) is 0 Å². The Morgan fingerprint density at radius 3 is 2.33 bits per heavy atom. The summed E-state index contributed by atoms with van der Waals surface area (Å²) in [5, 5.41) is 5.27. The van der Waals surface area contributed by atoms with Gasteiger partial charge in [0, 0.05) is 5.56 Å². The van der Waals surface area contributed by atoms with Crippen LogP contribution in [0.4, 0.5) is 10.1 Å². The van der Waals surface area contributed by atoms with Gasteiger partial charge < -0.3 is 5.32 Å². The van der Waals surface area contributed by atoms with Crippen molar-refractivity contribution in [2.75, 3.05) is 5.32 Å². The van der Waals surface area contributed by atoms with Gasteiger partial charge >= 0.3 is 0 Å². The van der Waals surface area contributed by atoms with Gasteiger partial charge in [-0.05, 0) is 50.3 Å². The van der Waals surface area contributed by atoms with Gasteiger partial charge in [-0.3, -0.25) is 10.1 Å². The van der Waals surface area contributed by atoms with Gasteiger partial charge in [0.15, 0.2) is 5.11 Å². The SMILES string of the molecule is Cc1cc(C)cc(C(=O)NC(=S)Nc2ccccc2F)c1. The van der Waals surface area contributed by atoms with Crippen molar-refractivity contribution < 1.29 is 9.18 Å². The predicted octanol–water partition coefficient (Wildman–Crippen LogP) is 3.57. The lowest BCUT2D eigenvalue weighted by molar-refractivity contribution is 0.0977. The first kappa shape index (κ1) is 15.1. The Hall–Kier alpha value is -2.27. The molecule has 0 spiro atoms. The fourth-order valence-electron chi connectivity index (χ4n) is 2.00. The summed E-state index contributed by atoms with van der Waals surface area (Å²) >= 11 is 5.03. The minimum absolute atomic E-state index is 0.0595. The van der Waals surface area contributed by atoms with Crippen LogP contribution in [0.1, 0.15) is 21.5 Å². The summed E-state index contributed by atoms with van der Waals surface area (Å²) in [5.41, 5.74) is 2.73. The molecule has 0 aliphatic heterocycles. The molecule has 0 saturated carbocycles. The first-order chi connectivity index (χ1) is 9.95. The van der Waals surface area contributed by atoms with E-state index < -0.39 is 5.82 Å². The van der Waals surface area contributed by atoms with Crippen LogP contribution in [-0.4, -0.2) is 11.0 Å². The maximum Gasteiger partial charge on any atom is 0.257 e. The van der Waals surface area contributed by atoms with Crippen molar-refractivity contribution in [3.63, 3.8) is 0 Å². The van der Waals surface area contributed by atoms with E-state index in [1.165, 1.54) is 6.07 Å². The van der Waals surface area contributed by atoms with Gasteiger partial charge in [0.1, 0.15) is 5.82 Å². The Balaban J connectivity index is 2.06. The first-order valence-electron chi connectivity index (χ1n) is 6.41. The minimum Gasteiger partial charge on any atom is -0.330 e. The van der Waals surface area contributed by atoms with Gasteiger partial charge in [0.05, 0.1) is 5.69 Å². The number of hydrogen-bond acceptors (Lipinski definition) is 2. The van der Waals surface area contributed by atoms with Gasteiger partial charge in [-0.2, -0.15) is 0 Å². The summed E-state index contributed by atoms with van der Waals surface area (Å²) in [6, 6.07) is 11.6. The Morgan fingerprint density at radius 2 is 1.71 bits per heavy atom. The number of carbonyl (C=O) groups excluding carboxylic acids is 1. The fourth-order valence-corrected chi connectivity index (χ4v) is 2.20. The van der Waals surface area contributed by atoms with Crippen molar-refractivity contribution in [3.8, 4) is 0 Å². The molecule has 2 rings (SSSR count). The molecule has 0 bridgehead atoms. The monoisotopic (exact) mass is 302 g/mol. The molecule has 3 nitrogen and oxygen atoms in total.